The first-order valence-corrected chi connectivity index (χ1v) is 4.20. The minimum Gasteiger partial charge on any atom is -0.282 e. The Morgan fingerprint density at radius 2 is 1.92 bits per heavy atom. The van der Waals surface area contributed by atoms with Crippen molar-refractivity contribution in [1.29, 1.82) is 0 Å². The van der Waals surface area contributed by atoms with Gasteiger partial charge in [0.2, 0.25) is 11.8 Å². The lowest BCUT2D eigenvalue weighted by atomic mass is 10.1. The van der Waals surface area contributed by atoms with Gasteiger partial charge in [-0.25, -0.2) is 0 Å². The van der Waals surface area contributed by atoms with Gasteiger partial charge < -0.3 is 0 Å². The van der Waals surface area contributed by atoms with E-state index in [0.717, 1.165) is 0 Å². The molecule has 1 aliphatic heterocycles. The number of piperidine rings is 1. The largest absolute Gasteiger partial charge is 0.282 e. The predicted octanol–water partition coefficient (Wildman–Crippen LogP) is 1.10. The zero-order valence-electron chi connectivity index (χ0n) is 7.08. The van der Waals surface area contributed by atoms with Crippen LogP contribution < -0.4 is 0 Å². The van der Waals surface area contributed by atoms with Crippen LogP contribution in [0.25, 0.3) is 0 Å². The van der Waals surface area contributed by atoms with Gasteiger partial charge in [0.15, 0.2) is 0 Å². The number of hydrogen-bond donors (Lipinski definition) is 0. The summed E-state index contributed by atoms with van der Waals surface area (Å²) in [6.45, 7) is 4.05. The highest BCUT2D eigenvalue weighted by molar-refractivity contribution is 5.97. The molecular formula is C9H13NO2. The van der Waals surface area contributed by atoms with Crippen molar-refractivity contribution in [2.45, 2.75) is 25.7 Å². The molecule has 0 aliphatic carbocycles. The van der Waals surface area contributed by atoms with Crippen LogP contribution in [0.1, 0.15) is 25.7 Å². The summed E-state index contributed by atoms with van der Waals surface area (Å²) < 4.78 is 0. The van der Waals surface area contributed by atoms with E-state index >= 15 is 0 Å². The molecule has 12 heavy (non-hydrogen) atoms. The summed E-state index contributed by atoms with van der Waals surface area (Å²) in [7, 11) is 0. The quantitative estimate of drug-likeness (QED) is 0.466. The van der Waals surface area contributed by atoms with Crippen LogP contribution in [0.2, 0.25) is 0 Å². The second-order valence-electron chi connectivity index (χ2n) is 2.87. The summed E-state index contributed by atoms with van der Waals surface area (Å²) in [5.74, 6) is -0.0683. The summed E-state index contributed by atoms with van der Waals surface area (Å²) in [5, 5.41) is 0. The Hall–Kier alpha value is -1.12. The van der Waals surface area contributed by atoms with Gasteiger partial charge in [-0.05, 0) is 12.8 Å². The molecule has 1 aliphatic rings. The van der Waals surface area contributed by atoms with Crippen LogP contribution >= 0.6 is 0 Å². The van der Waals surface area contributed by atoms with Crippen LogP contribution in [0.4, 0.5) is 0 Å². The number of hydrogen-bond acceptors (Lipinski definition) is 2. The molecule has 3 nitrogen and oxygen atoms in total. The van der Waals surface area contributed by atoms with Gasteiger partial charge in [0.05, 0.1) is 0 Å². The molecule has 0 unspecified atom stereocenters. The predicted molar refractivity (Wildman–Crippen MR) is 45.4 cm³/mol. The van der Waals surface area contributed by atoms with Gasteiger partial charge in [0.25, 0.3) is 0 Å². The highest BCUT2D eigenvalue weighted by atomic mass is 16.2. The van der Waals surface area contributed by atoms with Crippen LogP contribution in [0.15, 0.2) is 12.7 Å². The molecule has 3 heteroatoms. The Balaban J connectivity index is 2.51. The highest BCUT2D eigenvalue weighted by Gasteiger charge is 2.24. The second-order valence-corrected chi connectivity index (χ2v) is 2.87. The summed E-state index contributed by atoms with van der Waals surface area (Å²) in [6.07, 6.45) is 4.15. The highest BCUT2D eigenvalue weighted by Crippen LogP contribution is 2.12. The number of imide groups is 1. The molecule has 2 amide bonds. The Kier molecular flexibility index (Phi) is 3.02. The molecule has 0 aromatic carbocycles. The summed E-state index contributed by atoms with van der Waals surface area (Å²) in [5.41, 5.74) is 0. The maximum Gasteiger partial charge on any atom is 0.229 e. The number of nitrogens with zero attached hydrogens (tertiary/aromatic N) is 1. The molecule has 0 N–H and O–H groups in total. The fraction of sp³-hybridized carbons (Fsp3) is 0.556. The van der Waals surface area contributed by atoms with Gasteiger partial charge in [-0.3, -0.25) is 14.5 Å². The first kappa shape index (κ1) is 8.97. The van der Waals surface area contributed by atoms with Crippen molar-refractivity contribution >= 4 is 11.8 Å². The summed E-state index contributed by atoms with van der Waals surface area (Å²) in [6, 6.07) is 0. The van der Waals surface area contributed by atoms with Crippen molar-refractivity contribution in [3.8, 4) is 0 Å². The average molecular weight is 167 g/mol. The van der Waals surface area contributed by atoms with Gasteiger partial charge >= 0.3 is 0 Å². The summed E-state index contributed by atoms with van der Waals surface area (Å²) in [4.78, 5) is 23.7. The first-order valence-electron chi connectivity index (χ1n) is 4.20. The molecule has 1 saturated heterocycles. The van der Waals surface area contributed by atoms with E-state index in [9.17, 15) is 9.59 Å². The molecular weight excluding hydrogens is 154 g/mol. The van der Waals surface area contributed by atoms with Crippen molar-refractivity contribution in [3.63, 3.8) is 0 Å². The fourth-order valence-corrected chi connectivity index (χ4v) is 1.27. The zero-order chi connectivity index (χ0) is 8.97. The lowest BCUT2D eigenvalue weighted by molar-refractivity contribution is -0.147. The SMILES string of the molecule is C=CCCN1C(=O)CCCC1=O. The van der Waals surface area contributed by atoms with E-state index in [2.05, 4.69) is 6.58 Å². The molecule has 1 fully saturated rings. The molecule has 1 rings (SSSR count). The first-order chi connectivity index (χ1) is 5.75. The van der Waals surface area contributed by atoms with Crippen LogP contribution in [0.5, 0.6) is 0 Å². The van der Waals surface area contributed by atoms with Gasteiger partial charge in [-0.1, -0.05) is 6.08 Å². The van der Waals surface area contributed by atoms with Crippen molar-refractivity contribution in [2.24, 2.45) is 0 Å². The van der Waals surface area contributed by atoms with E-state index in [1.807, 2.05) is 0 Å². The monoisotopic (exact) mass is 167 g/mol. The normalized spacial score (nSPS) is 18.2. The van der Waals surface area contributed by atoms with Crippen molar-refractivity contribution in [3.05, 3.63) is 12.7 Å². The van der Waals surface area contributed by atoms with E-state index in [0.29, 0.717) is 32.2 Å². The Morgan fingerprint density at radius 3 is 2.42 bits per heavy atom. The molecule has 1 heterocycles. The molecule has 0 bridgehead atoms. The number of rotatable bonds is 3. The van der Waals surface area contributed by atoms with E-state index in [1.54, 1.807) is 6.08 Å². The zero-order valence-corrected chi connectivity index (χ0v) is 7.08. The third-order valence-electron chi connectivity index (χ3n) is 1.94. The number of carbonyl (C=O) groups is 2. The summed E-state index contributed by atoms with van der Waals surface area (Å²) >= 11 is 0. The van der Waals surface area contributed by atoms with E-state index in [-0.39, 0.29) is 11.8 Å². The van der Waals surface area contributed by atoms with Gasteiger partial charge in [-0.15, -0.1) is 6.58 Å². The molecule has 0 atom stereocenters. The number of amides is 2. The molecule has 0 aromatic rings. The van der Waals surface area contributed by atoms with Crippen LogP contribution in [-0.2, 0) is 9.59 Å². The van der Waals surface area contributed by atoms with Gasteiger partial charge in [0, 0.05) is 19.4 Å². The minimum atomic E-state index is -0.0342. The Bertz CT molecular complexity index is 195. The third kappa shape index (κ3) is 1.94. The smallest absolute Gasteiger partial charge is 0.229 e. The lowest BCUT2D eigenvalue weighted by Crippen LogP contribution is -2.40. The lowest BCUT2D eigenvalue weighted by Gasteiger charge is -2.24. The molecule has 0 saturated carbocycles. The Labute approximate surface area is 72.0 Å². The maximum absolute atomic E-state index is 11.2. The van der Waals surface area contributed by atoms with Gasteiger partial charge in [-0.2, -0.15) is 0 Å². The molecule has 0 radical (unpaired) electrons. The number of likely N-dealkylation sites (tertiary alicyclic amines) is 1. The fourth-order valence-electron chi connectivity index (χ4n) is 1.27. The van der Waals surface area contributed by atoms with Crippen molar-refractivity contribution < 1.29 is 9.59 Å². The molecule has 66 valence electrons. The molecule has 0 spiro atoms. The van der Waals surface area contributed by atoms with E-state index in [4.69, 9.17) is 0 Å². The maximum atomic E-state index is 11.2. The topological polar surface area (TPSA) is 37.4 Å². The third-order valence-corrected chi connectivity index (χ3v) is 1.94. The van der Waals surface area contributed by atoms with E-state index in [1.165, 1.54) is 4.90 Å². The van der Waals surface area contributed by atoms with Crippen LogP contribution in [-0.4, -0.2) is 23.3 Å². The Morgan fingerprint density at radius 1 is 1.33 bits per heavy atom. The standard InChI is InChI=1S/C9H13NO2/c1-2-3-7-10-8(11)5-4-6-9(10)12/h2H,1,3-7H2. The van der Waals surface area contributed by atoms with Crippen molar-refractivity contribution in [1.82, 2.24) is 4.90 Å². The minimum absolute atomic E-state index is 0.0342. The van der Waals surface area contributed by atoms with Crippen LogP contribution in [0.3, 0.4) is 0 Å². The van der Waals surface area contributed by atoms with Gasteiger partial charge in [0.1, 0.15) is 0 Å². The number of carbonyl (C=O) groups excluding carboxylic acids is 2. The average Bonchev–Trinajstić information content (AvgIpc) is 2.04. The van der Waals surface area contributed by atoms with Crippen LogP contribution in [0, 0.1) is 0 Å². The van der Waals surface area contributed by atoms with Crippen molar-refractivity contribution in [2.75, 3.05) is 6.54 Å². The second kappa shape index (κ2) is 4.04. The van der Waals surface area contributed by atoms with E-state index < -0.39 is 0 Å². The molecule has 0 aromatic heterocycles.